The molecule has 0 saturated heterocycles. The van der Waals surface area contributed by atoms with E-state index in [2.05, 4.69) is 16.7 Å². The minimum absolute atomic E-state index is 0.129. The third kappa shape index (κ3) is 5.15. The largest absolute Gasteiger partial charge is 0.493 e. The zero-order valence-electron chi connectivity index (χ0n) is 16.1. The first-order valence-electron chi connectivity index (χ1n) is 8.69. The van der Waals surface area contributed by atoms with Crippen LogP contribution in [0.5, 0.6) is 11.5 Å². The highest BCUT2D eigenvalue weighted by atomic mass is 16.5. The molecule has 0 fully saturated rings. The van der Waals surface area contributed by atoms with E-state index in [1.807, 2.05) is 19.1 Å². The second-order valence-corrected chi connectivity index (χ2v) is 6.15. The summed E-state index contributed by atoms with van der Waals surface area (Å²) in [4.78, 5) is 12.7. The number of rotatable bonds is 8. The zero-order valence-corrected chi connectivity index (χ0v) is 16.1. The van der Waals surface area contributed by atoms with Crippen LogP contribution in [0.15, 0.2) is 36.4 Å². The topological polar surface area (TPSA) is 107 Å². The van der Waals surface area contributed by atoms with E-state index in [4.69, 9.17) is 20.0 Å². The normalized spacial score (nSPS) is 10.9. The number of amides is 1. The van der Waals surface area contributed by atoms with E-state index in [-0.39, 0.29) is 18.5 Å². The first-order valence-corrected chi connectivity index (χ1v) is 8.69. The second kappa shape index (κ2) is 9.84. The Morgan fingerprint density at radius 2 is 1.86 bits per heavy atom. The van der Waals surface area contributed by atoms with Gasteiger partial charge in [-0.15, -0.1) is 0 Å². The van der Waals surface area contributed by atoms with Gasteiger partial charge in [-0.3, -0.25) is 4.79 Å². The van der Waals surface area contributed by atoms with Gasteiger partial charge in [0.05, 0.1) is 43.9 Å². The molecule has 2 N–H and O–H groups in total. The van der Waals surface area contributed by atoms with Gasteiger partial charge >= 0.3 is 0 Å². The molecular weight excluding hydrogens is 356 g/mol. The maximum Gasteiger partial charge on any atom is 0.253 e. The third-order valence-corrected chi connectivity index (χ3v) is 4.09. The smallest absolute Gasteiger partial charge is 0.253 e. The molecule has 1 amide bonds. The van der Waals surface area contributed by atoms with Gasteiger partial charge in [-0.25, -0.2) is 0 Å². The SMILES string of the molecule is COc1ccc(CNC(=O)c2cc(C#N)ccc2N[C@@H](C)CC#N)cc1OC. The molecule has 7 nitrogen and oxygen atoms in total. The zero-order chi connectivity index (χ0) is 20.5. The standard InChI is InChI=1S/C21H22N4O3/c1-14(8-9-22)25-18-6-4-15(12-23)10-17(18)21(26)24-13-16-5-7-19(27-2)20(11-16)28-3/h4-7,10-11,14,25H,8,13H2,1-3H3,(H,24,26)/t14-/m0/s1. The van der Waals surface area contributed by atoms with E-state index in [1.54, 1.807) is 38.5 Å². The number of ether oxygens (including phenoxy) is 2. The highest BCUT2D eigenvalue weighted by molar-refractivity contribution is 6.00. The van der Waals surface area contributed by atoms with E-state index in [0.29, 0.717) is 34.7 Å². The summed E-state index contributed by atoms with van der Waals surface area (Å²) in [5.41, 5.74) is 2.15. The molecule has 0 aliphatic rings. The van der Waals surface area contributed by atoms with Crippen LogP contribution in [0, 0.1) is 22.7 Å². The minimum atomic E-state index is -0.321. The van der Waals surface area contributed by atoms with Crippen molar-refractivity contribution >= 4 is 11.6 Å². The average Bonchev–Trinajstić information content (AvgIpc) is 2.72. The van der Waals surface area contributed by atoms with Crippen molar-refractivity contribution in [2.45, 2.75) is 25.9 Å². The molecule has 0 bridgehead atoms. The molecule has 144 valence electrons. The molecule has 0 aromatic heterocycles. The van der Waals surface area contributed by atoms with Gasteiger partial charge in [-0.1, -0.05) is 6.07 Å². The highest BCUT2D eigenvalue weighted by Gasteiger charge is 2.15. The predicted octanol–water partition coefficient (Wildman–Crippen LogP) is 3.22. The van der Waals surface area contributed by atoms with Gasteiger partial charge < -0.3 is 20.1 Å². The Balaban J connectivity index is 2.19. The number of nitriles is 2. The number of hydrogen-bond donors (Lipinski definition) is 2. The maximum absolute atomic E-state index is 12.7. The maximum atomic E-state index is 12.7. The molecule has 0 saturated carbocycles. The summed E-state index contributed by atoms with van der Waals surface area (Å²) in [5.74, 6) is 0.865. The van der Waals surface area contributed by atoms with Crippen molar-refractivity contribution in [3.8, 4) is 23.6 Å². The van der Waals surface area contributed by atoms with Gasteiger partial charge in [0, 0.05) is 18.3 Å². The highest BCUT2D eigenvalue weighted by Crippen LogP contribution is 2.27. The summed E-state index contributed by atoms with van der Waals surface area (Å²) in [5, 5.41) is 24.0. The number of hydrogen-bond acceptors (Lipinski definition) is 6. The molecule has 0 aliphatic carbocycles. The van der Waals surface area contributed by atoms with Crippen LogP contribution in [-0.4, -0.2) is 26.2 Å². The summed E-state index contributed by atoms with van der Waals surface area (Å²) in [6.45, 7) is 2.13. The van der Waals surface area contributed by atoms with Gasteiger partial charge in [0.25, 0.3) is 5.91 Å². The Labute approximate surface area is 164 Å². The molecular formula is C21H22N4O3. The molecule has 0 heterocycles. The Morgan fingerprint density at radius 1 is 1.11 bits per heavy atom. The number of carbonyl (C=O) groups is 1. The number of nitrogens with zero attached hydrogens (tertiary/aromatic N) is 2. The Morgan fingerprint density at radius 3 is 2.50 bits per heavy atom. The Bertz CT molecular complexity index is 928. The monoisotopic (exact) mass is 378 g/mol. The van der Waals surface area contributed by atoms with Crippen LogP contribution in [0.1, 0.15) is 34.8 Å². The Hall–Kier alpha value is -3.71. The fraction of sp³-hybridized carbons (Fsp3) is 0.286. The first kappa shape index (κ1) is 20.6. The Kier molecular flexibility index (Phi) is 7.24. The van der Waals surface area contributed by atoms with E-state index in [1.165, 1.54) is 6.07 Å². The third-order valence-electron chi connectivity index (χ3n) is 4.09. The number of benzene rings is 2. The van der Waals surface area contributed by atoms with Gasteiger partial charge in [-0.05, 0) is 42.8 Å². The lowest BCUT2D eigenvalue weighted by molar-refractivity contribution is 0.0951. The van der Waals surface area contributed by atoms with E-state index in [9.17, 15) is 4.79 Å². The summed E-state index contributed by atoms with van der Waals surface area (Å²) in [6.07, 6.45) is 0.298. The van der Waals surface area contributed by atoms with E-state index < -0.39 is 0 Å². The molecule has 2 aromatic rings. The number of methoxy groups -OCH3 is 2. The van der Waals surface area contributed by atoms with Crippen LogP contribution < -0.4 is 20.1 Å². The molecule has 0 aliphatic heterocycles. The predicted molar refractivity (Wildman–Crippen MR) is 105 cm³/mol. The van der Waals surface area contributed by atoms with Crippen molar-refractivity contribution in [2.75, 3.05) is 19.5 Å². The van der Waals surface area contributed by atoms with Crippen LogP contribution in [0.25, 0.3) is 0 Å². The summed E-state index contributed by atoms with van der Waals surface area (Å²) < 4.78 is 10.5. The lowest BCUT2D eigenvalue weighted by atomic mass is 10.1. The summed E-state index contributed by atoms with van der Waals surface area (Å²) in [6, 6.07) is 14.2. The quantitative estimate of drug-likeness (QED) is 0.730. The number of anilines is 1. The van der Waals surface area contributed by atoms with Crippen LogP contribution >= 0.6 is 0 Å². The van der Waals surface area contributed by atoms with Crippen LogP contribution in [-0.2, 0) is 6.54 Å². The van der Waals surface area contributed by atoms with Crippen molar-refractivity contribution in [1.29, 1.82) is 10.5 Å². The molecule has 2 rings (SSSR count). The van der Waals surface area contributed by atoms with Crippen LogP contribution in [0.2, 0.25) is 0 Å². The van der Waals surface area contributed by atoms with Gasteiger partial charge in [-0.2, -0.15) is 10.5 Å². The van der Waals surface area contributed by atoms with Crippen molar-refractivity contribution in [3.05, 3.63) is 53.1 Å². The lowest BCUT2D eigenvalue weighted by Gasteiger charge is -2.16. The van der Waals surface area contributed by atoms with Gasteiger partial charge in [0.2, 0.25) is 0 Å². The molecule has 2 aromatic carbocycles. The molecule has 0 spiro atoms. The van der Waals surface area contributed by atoms with E-state index in [0.717, 1.165) is 5.56 Å². The second-order valence-electron chi connectivity index (χ2n) is 6.15. The lowest BCUT2D eigenvalue weighted by Crippen LogP contribution is -2.25. The van der Waals surface area contributed by atoms with Crippen molar-refractivity contribution < 1.29 is 14.3 Å². The minimum Gasteiger partial charge on any atom is -0.493 e. The van der Waals surface area contributed by atoms with Gasteiger partial charge in [0.1, 0.15) is 0 Å². The average molecular weight is 378 g/mol. The fourth-order valence-electron chi connectivity index (χ4n) is 2.65. The molecule has 28 heavy (non-hydrogen) atoms. The summed E-state index contributed by atoms with van der Waals surface area (Å²) in [7, 11) is 3.11. The van der Waals surface area contributed by atoms with Crippen LogP contribution in [0.4, 0.5) is 5.69 Å². The first-order chi connectivity index (χ1) is 13.5. The molecule has 7 heteroatoms. The van der Waals surface area contributed by atoms with Crippen LogP contribution in [0.3, 0.4) is 0 Å². The molecule has 1 atom stereocenters. The van der Waals surface area contributed by atoms with Crippen molar-refractivity contribution in [3.63, 3.8) is 0 Å². The fourth-order valence-corrected chi connectivity index (χ4v) is 2.65. The van der Waals surface area contributed by atoms with E-state index >= 15 is 0 Å². The van der Waals surface area contributed by atoms with Crippen molar-refractivity contribution in [1.82, 2.24) is 5.32 Å². The summed E-state index contributed by atoms with van der Waals surface area (Å²) >= 11 is 0. The van der Waals surface area contributed by atoms with Gasteiger partial charge in [0.15, 0.2) is 11.5 Å². The molecule has 0 unspecified atom stereocenters. The number of nitrogens with one attached hydrogen (secondary N) is 2. The number of carbonyl (C=O) groups excluding carboxylic acids is 1. The van der Waals surface area contributed by atoms with Crippen molar-refractivity contribution in [2.24, 2.45) is 0 Å². The molecule has 0 radical (unpaired) electrons.